The third-order valence-electron chi connectivity index (χ3n) is 2.28. The van der Waals surface area contributed by atoms with Gasteiger partial charge in [0.05, 0.1) is 16.7 Å². The van der Waals surface area contributed by atoms with E-state index in [1.807, 2.05) is 18.2 Å². The molecule has 0 fully saturated rings. The van der Waals surface area contributed by atoms with Gasteiger partial charge in [0, 0.05) is 13.0 Å². The van der Waals surface area contributed by atoms with Gasteiger partial charge >= 0.3 is 0 Å². The largest absolute Gasteiger partial charge is 0.384 e. The van der Waals surface area contributed by atoms with E-state index in [4.69, 9.17) is 27.9 Å². The van der Waals surface area contributed by atoms with E-state index >= 15 is 0 Å². The molecule has 1 aromatic rings. The maximum Gasteiger partial charge on any atom is 0.0595 e. The number of ether oxygens (including phenoxy) is 1. The van der Waals surface area contributed by atoms with Crippen molar-refractivity contribution in [2.45, 2.75) is 19.3 Å². The Balaban J connectivity index is 2.88. The van der Waals surface area contributed by atoms with Gasteiger partial charge in [0.25, 0.3) is 0 Å². The molecule has 0 aromatic heterocycles. The van der Waals surface area contributed by atoms with Crippen LogP contribution in [0.1, 0.15) is 24.8 Å². The molecule has 0 amide bonds. The van der Waals surface area contributed by atoms with Gasteiger partial charge in [0.1, 0.15) is 0 Å². The molecule has 0 heterocycles. The van der Waals surface area contributed by atoms with E-state index in [1.54, 1.807) is 7.11 Å². The summed E-state index contributed by atoms with van der Waals surface area (Å²) in [4.78, 5) is 0. The molecule has 1 rings (SSSR count). The summed E-state index contributed by atoms with van der Waals surface area (Å²) >= 11 is 11.8. The lowest BCUT2D eigenvalue weighted by Crippen LogP contribution is -2.04. The Morgan fingerprint density at radius 3 is 2.50 bits per heavy atom. The zero-order valence-corrected chi connectivity index (χ0v) is 9.90. The van der Waals surface area contributed by atoms with E-state index in [9.17, 15) is 0 Å². The van der Waals surface area contributed by atoms with Crippen LogP contribution in [-0.4, -0.2) is 13.7 Å². The van der Waals surface area contributed by atoms with E-state index < -0.39 is 0 Å². The Morgan fingerprint density at radius 2 is 2.00 bits per heavy atom. The minimum absolute atomic E-state index is 0.398. The Morgan fingerprint density at radius 1 is 1.29 bits per heavy atom. The summed E-state index contributed by atoms with van der Waals surface area (Å²) < 4.78 is 5.14. The molecule has 1 aromatic carbocycles. The highest BCUT2D eigenvalue weighted by molar-refractivity contribution is 6.42. The van der Waals surface area contributed by atoms with Gasteiger partial charge in [-0.2, -0.15) is 0 Å². The fourth-order valence-electron chi connectivity index (χ4n) is 1.42. The molecule has 0 aliphatic rings. The first-order chi connectivity index (χ1) is 6.69. The number of rotatable bonds is 4. The maximum absolute atomic E-state index is 5.94. The van der Waals surface area contributed by atoms with Crippen LogP contribution in [0.15, 0.2) is 18.2 Å². The van der Waals surface area contributed by atoms with Crippen molar-refractivity contribution in [3.8, 4) is 0 Å². The number of benzene rings is 1. The quantitative estimate of drug-likeness (QED) is 0.759. The van der Waals surface area contributed by atoms with Crippen molar-refractivity contribution < 1.29 is 4.74 Å². The second-order valence-electron chi connectivity index (χ2n) is 3.23. The van der Waals surface area contributed by atoms with Crippen molar-refractivity contribution in [2.24, 2.45) is 0 Å². The van der Waals surface area contributed by atoms with Gasteiger partial charge < -0.3 is 4.74 Å². The number of hydrogen-bond acceptors (Lipinski definition) is 1. The molecule has 14 heavy (non-hydrogen) atoms. The molecule has 1 atom stereocenters. The average molecular weight is 233 g/mol. The first-order valence-electron chi connectivity index (χ1n) is 4.63. The van der Waals surface area contributed by atoms with Gasteiger partial charge in [-0.1, -0.05) is 36.2 Å². The van der Waals surface area contributed by atoms with Crippen molar-refractivity contribution in [2.75, 3.05) is 13.7 Å². The van der Waals surface area contributed by atoms with Crippen molar-refractivity contribution in [3.05, 3.63) is 33.8 Å². The third kappa shape index (κ3) is 2.88. The Hall–Kier alpha value is -0.240. The van der Waals surface area contributed by atoms with E-state index in [-0.39, 0.29) is 0 Å². The third-order valence-corrected chi connectivity index (χ3v) is 3.01. The van der Waals surface area contributed by atoms with E-state index in [1.165, 1.54) is 5.56 Å². The fourth-order valence-corrected chi connectivity index (χ4v) is 1.72. The van der Waals surface area contributed by atoms with Gasteiger partial charge in [-0.15, -0.1) is 0 Å². The monoisotopic (exact) mass is 232 g/mol. The molecule has 0 N–H and O–H groups in total. The predicted octanol–water partition coefficient (Wildman–Crippen LogP) is 4.13. The molecule has 3 heteroatoms. The summed E-state index contributed by atoms with van der Waals surface area (Å²) in [6.07, 6.45) is 1.03. The standard InChI is InChI=1S/C11H14Cl2O/c1-3-8(7-14-2)9-4-5-10(12)11(13)6-9/h4-6,8H,3,7H2,1-2H3/t8-/m0/s1. The van der Waals surface area contributed by atoms with Gasteiger partial charge in [0.15, 0.2) is 0 Å². The first kappa shape index (κ1) is 11.8. The van der Waals surface area contributed by atoms with Crippen molar-refractivity contribution in [1.82, 2.24) is 0 Å². The predicted molar refractivity (Wildman–Crippen MR) is 61.4 cm³/mol. The van der Waals surface area contributed by atoms with Crippen LogP contribution >= 0.6 is 23.2 Å². The molecule has 0 aliphatic carbocycles. The summed E-state index contributed by atoms with van der Waals surface area (Å²) in [6.45, 7) is 2.85. The van der Waals surface area contributed by atoms with Crippen LogP contribution in [0, 0.1) is 0 Å². The molecule has 1 nitrogen and oxygen atoms in total. The van der Waals surface area contributed by atoms with Crippen LogP contribution in [-0.2, 0) is 4.74 Å². The van der Waals surface area contributed by atoms with Crippen molar-refractivity contribution in [3.63, 3.8) is 0 Å². The van der Waals surface area contributed by atoms with Crippen LogP contribution in [0.5, 0.6) is 0 Å². The lowest BCUT2D eigenvalue weighted by atomic mass is 9.97. The first-order valence-corrected chi connectivity index (χ1v) is 5.38. The second kappa shape index (κ2) is 5.59. The molecule has 0 saturated heterocycles. The van der Waals surface area contributed by atoms with Crippen molar-refractivity contribution in [1.29, 1.82) is 0 Å². The Bertz CT molecular complexity index is 299. The number of hydrogen-bond donors (Lipinski definition) is 0. The highest BCUT2D eigenvalue weighted by atomic mass is 35.5. The zero-order chi connectivity index (χ0) is 10.6. The molecular formula is C11H14Cl2O. The normalized spacial score (nSPS) is 12.9. The zero-order valence-electron chi connectivity index (χ0n) is 8.39. The molecule has 0 spiro atoms. The van der Waals surface area contributed by atoms with Crippen LogP contribution in [0.2, 0.25) is 10.0 Å². The smallest absolute Gasteiger partial charge is 0.0595 e. The second-order valence-corrected chi connectivity index (χ2v) is 4.05. The van der Waals surface area contributed by atoms with Gasteiger partial charge in [-0.3, -0.25) is 0 Å². The number of methoxy groups -OCH3 is 1. The molecule has 0 radical (unpaired) electrons. The van der Waals surface area contributed by atoms with E-state index in [0.29, 0.717) is 22.6 Å². The average Bonchev–Trinajstić information content (AvgIpc) is 2.19. The Labute approximate surface area is 95.0 Å². The Kier molecular flexibility index (Phi) is 4.73. The van der Waals surface area contributed by atoms with Gasteiger partial charge in [0.2, 0.25) is 0 Å². The highest BCUT2D eigenvalue weighted by Crippen LogP contribution is 2.27. The lowest BCUT2D eigenvalue weighted by molar-refractivity contribution is 0.177. The lowest BCUT2D eigenvalue weighted by Gasteiger charge is -2.14. The molecule has 0 unspecified atom stereocenters. The van der Waals surface area contributed by atoms with Crippen molar-refractivity contribution >= 4 is 23.2 Å². The van der Waals surface area contributed by atoms with Crippen LogP contribution < -0.4 is 0 Å². The molecular weight excluding hydrogens is 219 g/mol. The SMILES string of the molecule is CC[C@@H](COC)c1ccc(Cl)c(Cl)c1. The molecule has 0 saturated carbocycles. The van der Waals surface area contributed by atoms with E-state index in [2.05, 4.69) is 6.92 Å². The summed E-state index contributed by atoms with van der Waals surface area (Å²) in [6, 6.07) is 5.75. The minimum atomic E-state index is 0.398. The topological polar surface area (TPSA) is 9.23 Å². The van der Waals surface area contributed by atoms with E-state index in [0.717, 1.165) is 6.42 Å². The van der Waals surface area contributed by atoms with Crippen LogP contribution in [0.3, 0.4) is 0 Å². The summed E-state index contributed by atoms with van der Waals surface area (Å²) in [5.41, 5.74) is 1.18. The number of halogens is 2. The minimum Gasteiger partial charge on any atom is -0.384 e. The summed E-state index contributed by atoms with van der Waals surface area (Å²) in [5, 5.41) is 1.21. The maximum atomic E-state index is 5.94. The molecule has 78 valence electrons. The summed E-state index contributed by atoms with van der Waals surface area (Å²) in [7, 11) is 1.71. The van der Waals surface area contributed by atoms with Gasteiger partial charge in [-0.25, -0.2) is 0 Å². The molecule has 0 bridgehead atoms. The molecule has 0 aliphatic heterocycles. The fraction of sp³-hybridized carbons (Fsp3) is 0.455. The van der Waals surface area contributed by atoms with Crippen LogP contribution in [0.4, 0.5) is 0 Å². The summed E-state index contributed by atoms with van der Waals surface area (Å²) in [5.74, 6) is 0.398. The van der Waals surface area contributed by atoms with Crippen LogP contribution in [0.25, 0.3) is 0 Å². The highest BCUT2D eigenvalue weighted by Gasteiger charge is 2.10. The van der Waals surface area contributed by atoms with Gasteiger partial charge in [-0.05, 0) is 24.1 Å².